The van der Waals surface area contributed by atoms with E-state index in [1.165, 1.54) is 38.5 Å². The highest BCUT2D eigenvalue weighted by Gasteiger charge is 2.21. The first-order chi connectivity index (χ1) is 6.76. The lowest BCUT2D eigenvalue weighted by atomic mass is 9.83. The Hall–Kier alpha value is -0.550. The number of rotatable bonds is 4. The van der Waals surface area contributed by atoms with Crippen LogP contribution in [-0.4, -0.2) is 12.1 Å². The maximum atomic E-state index is 8.69. The van der Waals surface area contributed by atoms with Gasteiger partial charge in [0.25, 0.3) is 0 Å². The number of hydrogen-bond donors (Lipinski definition) is 1. The van der Waals surface area contributed by atoms with Crippen LogP contribution in [0.2, 0.25) is 0 Å². The molecule has 1 saturated carbocycles. The third-order valence-electron chi connectivity index (χ3n) is 3.22. The zero-order valence-electron chi connectivity index (χ0n) is 9.42. The van der Waals surface area contributed by atoms with Crippen molar-refractivity contribution in [2.24, 2.45) is 5.92 Å². The summed E-state index contributed by atoms with van der Waals surface area (Å²) in [7, 11) is 0. The largest absolute Gasteiger partial charge is 0.299 e. The van der Waals surface area contributed by atoms with Gasteiger partial charge in [-0.25, -0.2) is 0 Å². The predicted octanol–water partition coefficient (Wildman–Crippen LogP) is 2.85. The molecule has 0 aromatic carbocycles. The van der Waals surface area contributed by atoms with Crippen molar-refractivity contribution >= 4 is 0 Å². The summed E-state index contributed by atoms with van der Waals surface area (Å²) < 4.78 is 0. The first-order valence-electron chi connectivity index (χ1n) is 5.92. The first-order valence-corrected chi connectivity index (χ1v) is 5.92. The van der Waals surface area contributed by atoms with Crippen molar-refractivity contribution < 1.29 is 0 Å². The molecule has 0 aromatic rings. The summed E-state index contributed by atoms with van der Waals surface area (Å²) in [6, 6.07) is 2.85. The number of nitrogens with one attached hydrogen (secondary N) is 1. The van der Waals surface area contributed by atoms with Crippen LogP contribution in [0.1, 0.15) is 52.4 Å². The van der Waals surface area contributed by atoms with Crippen LogP contribution in [0, 0.1) is 17.2 Å². The lowest BCUT2D eigenvalue weighted by molar-refractivity contribution is 0.274. The highest BCUT2D eigenvalue weighted by Crippen LogP contribution is 2.27. The van der Waals surface area contributed by atoms with Crippen LogP contribution in [0.25, 0.3) is 0 Å². The molecule has 1 N–H and O–H groups in total. The molecule has 0 aromatic heterocycles. The van der Waals surface area contributed by atoms with Crippen molar-refractivity contribution in [2.45, 2.75) is 64.5 Å². The van der Waals surface area contributed by atoms with Gasteiger partial charge in [-0.2, -0.15) is 5.26 Å². The Bertz CT molecular complexity index is 187. The topological polar surface area (TPSA) is 35.8 Å². The van der Waals surface area contributed by atoms with Gasteiger partial charge >= 0.3 is 0 Å². The van der Waals surface area contributed by atoms with E-state index in [1.807, 2.05) is 6.92 Å². The van der Waals surface area contributed by atoms with Crippen molar-refractivity contribution in [2.75, 3.05) is 0 Å². The van der Waals surface area contributed by atoms with Gasteiger partial charge in [-0.05, 0) is 38.5 Å². The molecule has 0 bridgehead atoms. The minimum Gasteiger partial charge on any atom is -0.299 e. The van der Waals surface area contributed by atoms with Gasteiger partial charge in [-0.1, -0.05) is 19.8 Å². The molecule has 2 heteroatoms. The Kier molecular flexibility index (Phi) is 4.97. The third kappa shape index (κ3) is 3.67. The molecule has 0 aliphatic heterocycles. The van der Waals surface area contributed by atoms with Gasteiger partial charge in [0.15, 0.2) is 0 Å². The second kappa shape index (κ2) is 6.03. The van der Waals surface area contributed by atoms with Crippen LogP contribution < -0.4 is 5.32 Å². The fourth-order valence-electron chi connectivity index (χ4n) is 2.42. The van der Waals surface area contributed by atoms with Gasteiger partial charge in [0.1, 0.15) is 0 Å². The fourth-order valence-corrected chi connectivity index (χ4v) is 2.42. The number of nitrogens with zero attached hydrogens (tertiary/aromatic N) is 1. The molecule has 1 unspecified atom stereocenters. The average Bonchev–Trinajstić information content (AvgIpc) is 2.21. The summed E-state index contributed by atoms with van der Waals surface area (Å²) in [5, 5.41) is 12.1. The minimum absolute atomic E-state index is 0.0164. The van der Waals surface area contributed by atoms with Gasteiger partial charge in [-0.3, -0.25) is 5.32 Å². The van der Waals surface area contributed by atoms with E-state index in [4.69, 9.17) is 5.26 Å². The SMILES string of the molecule is CCCC1CCC(NC(C)C#N)CC1. The molecular formula is C12H22N2. The molecule has 1 aliphatic carbocycles. The molecule has 1 rings (SSSR count). The van der Waals surface area contributed by atoms with Crippen molar-refractivity contribution in [3.05, 3.63) is 0 Å². The fraction of sp³-hybridized carbons (Fsp3) is 0.917. The summed E-state index contributed by atoms with van der Waals surface area (Å²) in [5.74, 6) is 0.954. The Morgan fingerprint density at radius 3 is 2.50 bits per heavy atom. The van der Waals surface area contributed by atoms with E-state index in [1.54, 1.807) is 0 Å². The van der Waals surface area contributed by atoms with Gasteiger partial charge < -0.3 is 0 Å². The molecule has 1 fully saturated rings. The maximum absolute atomic E-state index is 8.69. The molecule has 14 heavy (non-hydrogen) atoms. The molecule has 0 saturated heterocycles. The zero-order chi connectivity index (χ0) is 10.4. The molecule has 1 aliphatic rings. The van der Waals surface area contributed by atoms with Crippen LogP contribution in [0.5, 0.6) is 0 Å². The van der Waals surface area contributed by atoms with Crippen molar-refractivity contribution in [1.29, 1.82) is 5.26 Å². The average molecular weight is 194 g/mol. The number of nitriles is 1. The normalized spacial score (nSPS) is 29.5. The smallest absolute Gasteiger partial charge is 0.0926 e. The van der Waals surface area contributed by atoms with Crippen LogP contribution in [0.3, 0.4) is 0 Å². The Balaban J connectivity index is 2.19. The summed E-state index contributed by atoms with van der Waals surface area (Å²) in [5.41, 5.74) is 0. The van der Waals surface area contributed by atoms with Crippen molar-refractivity contribution in [1.82, 2.24) is 5.32 Å². The van der Waals surface area contributed by atoms with Crippen LogP contribution in [0.4, 0.5) is 0 Å². The monoisotopic (exact) mass is 194 g/mol. The molecular weight excluding hydrogens is 172 g/mol. The van der Waals surface area contributed by atoms with Gasteiger partial charge in [0.2, 0.25) is 0 Å². The maximum Gasteiger partial charge on any atom is 0.0926 e. The standard InChI is InChI=1S/C12H22N2/c1-3-4-11-5-7-12(8-6-11)14-10(2)9-13/h10-12,14H,3-8H2,1-2H3. The molecule has 80 valence electrons. The summed E-state index contributed by atoms with van der Waals surface area (Å²) >= 11 is 0. The van der Waals surface area contributed by atoms with Gasteiger partial charge in [0, 0.05) is 6.04 Å². The van der Waals surface area contributed by atoms with Crippen LogP contribution in [0.15, 0.2) is 0 Å². The van der Waals surface area contributed by atoms with E-state index >= 15 is 0 Å². The Morgan fingerprint density at radius 1 is 1.36 bits per heavy atom. The molecule has 2 nitrogen and oxygen atoms in total. The van der Waals surface area contributed by atoms with Gasteiger partial charge in [0.05, 0.1) is 12.1 Å². The summed E-state index contributed by atoms with van der Waals surface area (Å²) in [6.45, 7) is 4.21. The molecule has 0 spiro atoms. The third-order valence-corrected chi connectivity index (χ3v) is 3.22. The predicted molar refractivity (Wildman–Crippen MR) is 58.9 cm³/mol. The van der Waals surface area contributed by atoms with Crippen molar-refractivity contribution in [3.8, 4) is 6.07 Å². The second-order valence-corrected chi connectivity index (χ2v) is 4.52. The zero-order valence-corrected chi connectivity index (χ0v) is 9.42. The van der Waals surface area contributed by atoms with E-state index in [9.17, 15) is 0 Å². The van der Waals surface area contributed by atoms with Crippen LogP contribution in [-0.2, 0) is 0 Å². The summed E-state index contributed by atoms with van der Waals surface area (Å²) in [6.07, 6.45) is 7.93. The quantitative estimate of drug-likeness (QED) is 0.747. The molecule has 1 atom stereocenters. The highest BCUT2D eigenvalue weighted by molar-refractivity contribution is 4.89. The first kappa shape index (κ1) is 11.5. The van der Waals surface area contributed by atoms with E-state index in [0.717, 1.165) is 5.92 Å². The Morgan fingerprint density at radius 2 is 2.00 bits per heavy atom. The molecule has 0 radical (unpaired) electrons. The van der Waals surface area contributed by atoms with E-state index in [0.29, 0.717) is 6.04 Å². The minimum atomic E-state index is 0.0164. The van der Waals surface area contributed by atoms with Crippen molar-refractivity contribution in [3.63, 3.8) is 0 Å². The van der Waals surface area contributed by atoms with E-state index in [-0.39, 0.29) is 6.04 Å². The molecule has 0 heterocycles. The molecule has 0 amide bonds. The van der Waals surface area contributed by atoms with Gasteiger partial charge in [-0.15, -0.1) is 0 Å². The van der Waals surface area contributed by atoms with E-state index in [2.05, 4.69) is 18.3 Å². The lowest BCUT2D eigenvalue weighted by Gasteiger charge is -2.29. The van der Waals surface area contributed by atoms with Crippen LogP contribution >= 0.6 is 0 Å². The van der Waals surface area contributed by atoms with E-state index < -0.39 is 0 Å². The number of hydrogen-bond acceptors (Lipinski definition) is 2. The second-order valence-electron chi connectivity index (χ2n) is 4.52. The lowest BCUT2D eigenvalue weighted by Crippen LogP contribution is -2.38. The summed E-state index contributed by atoms with van der Waals surface area (Å²) in [4.78, 5) is 0. The highest BCUT2D eigenvalue weighted by atomic mass is 14.9. The Labute approximate surface area is 87.7 Å².